The SMILES string of the molecule is Cc1ccc(NC(=O)CSc2nnc(C3CC3)n2CCC(N)=O)cc1. The van der Waals surface area contributed by atoms with E-state index in [0.717, 1.165) is 29.9 Å². The molecular weight excluding hydrogens is 338 g/mol. The van der Waals surface area contributed by atoms with Gasteiger partial charge in [0.15, 0.2) is 5.16 Å². The lowest BCUT2D eigenvalue weighted by molar-refractivity contribution is -0.118. The number of amides is 2. The minimum absolute atomic E-state index is 0.105. The molecule has 0 radical (unpaired) electrons. The molecule has 3 rings (SSSR count). The van der Waals surface area contributed by atoms with Crippen molar-refractivity contribution < 1.29 is 9.59 Å². The van der Waals surface area contributed by atoms with E-state index in [-0.39, 0.29) is 24.0 Å². The fourth-order valence-electron chi connectivity index (χ4n) is 2.45. The van der Waals surface area contributed by atoms with Gasteiger partial charge >= 0.3 is 0 Å². The molecular formula is C17H21N5O2S. The molecule has 1 aliphatic rings. The van der Waals surface area contributed by atoms with Crippen LogP contribution in [0, 0.1) is 6.92 Å². The summed E-state index contributed by atoms with van der Waals surface area (Å²) in [5.41, 5.74) is 7.17. The summed E-state index contributed by atoms with van der Waals surface area (Å²) in [6.45, 7) is 2.45. The van der Waals surface area contributed by atoms with Crippen LogP contribution in [0.5, 0.6) is 0 Å². The number of carbonyl (C=O) groups is 2. The minimum atomic E-state index is -0.358. The fourth-order valence-corrected chi connectivity index (χ4v) is 3.22. The highest BCUT2D eigenvalue weighted by Gasteiger charge is 2.30. The van der Waals surface area contributed by atoms with Crippen molar-refractivity contribution in [1.82, 2.24) is 14.8 Å². The number of aromatic nitrogens is 3. The monoisotopic (exact) mass is 359 g/mol. The summed E-state index contributed by atoms with van der Waals surface area (Å²) in [5, 5.41) is 11.9. The Labute approximate surface area is 150 Å². The molecule has 25 heavy (non-hydrogen) atoms. The molecule has 1 aromatic carbocycles. The highest BCUT2D eigenvalue weighted by Crippen LogP contribution is 2.40. The lowest BCUT2D eigenvalue weighted by Crippen LogP contribution is -2.17. The van der Waals surface area contributed by atoms with Crippen molar-refractivity contribution in [2.24, 2.45) is 5.73 Å². The summed E-state index contributed by atoms with van der Waals surface area (Å²) < 4.78 is 1.92. The highest BCUT2D eigenvalue weighted by atomic mass is 32.2. The molecule has 2 amide bonds. The van der Waals surface area contributed by atoms with Crippen LogP contribution in [-0.2, 0) is 16.1 Å². The third-order valence-electron chi connectivity index (χ3n) is 3.94. The Bertz CT molecular complexity index is 768. The predicted molar refractivity (Wildman–Crippen MR) is 96.3 cm³/mol. The summed E-state index contributed by atoms with van der Waals surface area (Å²) in [6.07, 6.45) is 2.42. The van der Waals surface area contributed by atoms with Gasteiger partial charge in [0, 0.05) is 24.6 Å². The molecule has 1 aliphatic carbocycles. The van der Waals surface area contributed by atoms with E-state index in [1.165, 1.54) is 11.8 Å². The Morgan fingerprint density at radius 2 is 2.00 bits per heavy atom. The molecule has 0 atom stereocenters. The molecule has 0 saturated heterocycles. The maximum Gasteiger partial charge on any atom is 0.234 e. The number of nitrogens with two attached hydrogens (primary N) is 1. The maximum absolute atomic E-state index is 12.1. The number of nitrogens with zero attached hydrogens (tertiary/aromatic N) is 3. The molecule has 2 aromatic rings. The molecule has 0 unspecified atom stereocenters. The van der Waals surface area contributed by atoms with E-state index in [1.54, 1.807) is 0 Å². The van der Waals surface area contributed by atoms with Gasteiger partial charge in [0.1, 0.15) is 5.82 Å². The molecule has 0 spiro atoms. The summed E-state index contributed by atoms with van der Waals surface area (Å²) in [7, 11) is 0. The van der Waals surface area contributed by atoms with Gasteiger partial charge in [-0.05, 0) is 31.9 Å². The van der Waals surface area contributed by atoms with Crippen molar-refractivity contribution in [3.05, 3.63) is 35.7 Å². The minimum Gasteiger partial charge on any atom is -0.370 e. The maximum atomic E-state index is 12.1. The first-order valence-corrected chi connectivity index (χ1v) is 9.22. The third kappa shape index (κ3) is 4.82. The van der Waals surface area contributed by atoms with E-state index in [4.69, 9.17) is 5.73 Å². The van der Waals surface area contributed by atoms with Crippen LogP contribution in [0.25, 0.3) is 0 Å². The van der Waals surface area contributed by atoms with Gasteiger partial charge in [0.25, 0.3) is 0 Å². The Morgan fingerprint density at radius 1 is 1.28 bits per heavy atom. The number of nitrogens with one attached hydrogen (secondary N) is 1. The second kappa shape index (κ2) is 7.69. The van der Waals surface area contributed by atoms with Crippen LogP contribution in [0.3, 0.4) is 0 Å². The van der Waals surface area contributed by atoms with Crippen molar-refractivity contribution >= 4 is 29.3 Å². The number of anilines is 1. The standard InChI is InChI=1S/C17H21N5O2S/c1-11-2-6-13(7-3-11)19-15(24)10-25-17-21-20-16(12-4-5-12)22(17)9-8-14(18)23/h2-3,6-7,12H,4-5,8-10H2,1H3,(H2,18,23)(H,19,24). The first-order valence-electron chi connectivity index (χ1n) is 8.23. The van der Waals surface area contributed by atoms with E-state index >= 15 is 0 Å². The number of hydrogen-bond donors (Lipinski definition) is 2. The van der Waals surface area contributed by atoms with Gasteiger partial charge in [-0.15, -0.1) is 10.2 Å². The van der Waals surface area contributed by atoms with Crippen LogP contribution < -0.4 is 11.1 Å². The quantitative estimate of drug-likeness (QED) is 0.702. The van der Waals surface area contributed by atoms with Crippen LogP contribution in [0.2, 0.25) is 0 Å². The molecule has 1 heterocycles. The highest BCUT2D eigenvalue weighted by molar-refractivity contribution is 7.99. The average molecular weight is 359 g/mol. The molecule has 1 fully saturated rings. The van der Waals surface area contributed by atoms with E-state index in [0.29, 0.717) is 17.6 Å². The molecule has 7 nitrogen and oxygen atoms in total. The Hall–Kier alpha value is -2.35. The zero-order valence-corrected chi connectivity index (χ0v) is 14.9. The van der Waals surface area contributed by atoms with E-state index < -0.39 is 0 Å². The van der Waals surface area contributed by atoms with Crippen LogP contribution in [0.4, 0.5) is 5.69 Å². The summed E-state index contributed by atoms with van der Waals surface area (Å²) in [4.78, 5) is 23.2. The van der Waals surface area contributed by atoms with Gasteiger partial charge < -0.3 is 15.6 Å². The fraction of sp³-hybridized carbons (Fsp3) is 0.412. The second-order valence-corrected chi connectivity index (χ2v) is 7.13. The van der Waals surface area contributed by atoms with Gasteiger partial charge in [-0.2, -0.15) is 0 Å². The number of carbonyl (C=O) groups excluding carboxylic acids is 2. The van der Waals surface area contributed by atoms with Crippen molar-refractivity contribution in [2.75, 3.05) is 11.1 Å². The second-order valence-electron chi connectivity index (χ2n) is 6.19. The van der Waals surface area contributed by atoms with Crippen LogP contribution in [-0.4, -0.2) is 32.3 Å². The van der Waals surface area contributed by atoms with Crippen molar-refractivity contribution in [3.63, 3.8) is 0 Å². The lowest BCUT2D eigenvalue weighted by Gasteiger charge is -2.09. The van der Waals surface area contributed by atoms with Crippen LogP contribution >= 0.6 is 11.8 Å². The number of hydrogen-bond acceptors (Lipinski definition) is 5. The Balaban J connectivity index is 1.60. The van der Waals surface area contributed by atoms with E-state index in [1.807, 2.05) is 35.8 Å². The molecule has 1 saturated carbocycles. The molecule has 8 heteroatoms. The average Bonchev–Trinajstić information content (AvgIpc) is 3.34. The topological polar surface area (TPSA) is 103 Å². The van der Waals surface area contributed by atoms with Gasteiger partial charge in [0.2, 0.25) is 11.8 Å². The first-order chi connectivity index (χ1) is 12.0. The summed E-state index contributed by atoms with van der Waals surface area (Å²) in [5.74, 6) is 1.07. The zero-order valence-electron chi connectivity index (χ0n) is 14.1. The summed E-state index contributed by atoms with van der Waals surface area (Å²) >= 11 is 1.32. The molecule has 132 valence electrons. The molecule has 0 aliphatic heterocycles. The normalized spacial score (nSPS) is 13.6. The van der Waals surface area contributed by atoms with E-state index in [9.17, 15) is 9.59 Å². The third-order valence-corrected chi connectivity index (χ3v) is 4.90. The molecule has 0 bridgehead atoms. The Morgan fingerprint density at radius 3 is 2.64 bits per heavy atom. The zero-order chi connectivity index (χ0) is 17.8. The van der Waals surface area contributed by atoms with E-state index in [2.05, 4.69) is 15.5 Å². The van der Waals surface area contributed by atoms with Crippen LogP contribution in [0.15, 0.2) is 29.4 Å². The predicted octanol–water partition coefficient (Wildman–Crippen LogP) is 2.07. The van der Waals surface area contributed by atoms with Crippen molar-refractivity contribution in [2.45, 2.75) is 43.8 Å². The van der Waals surface area contributed by atoms with Crippen LogP contribution in [0.1, 0.15) is 36.6 Å². The number of rotatable bonds is 8. The summed E-state index contributed by atoms with van der Waals surface area (Å²) in [6, 6.07) is 7.65. The smallest absolute Gasteiger partial charge is 0.234 e. The molecule has 1 aromatic heterocycles. The Kier molecular flexibility index (Phi) is 5.37. The number of aryl methyl sites for hydroxylation is 1. The van der Waals surface area contributed by atoms with Gasteiger partial charge in [0.05, 0.1) is 5.75 Å². The van der Waals surface area contributed by atoms with Gasteiger partial charge in [-0.3, -0.25) is 9.59 Å². The van der Waals surface area contributed by atoms with Gasteiger partial charge in [-0.1, -0.05) is 29.5 Å². The number of thioether (sulfide) groups is 1. The van der Waals surface area contributed by atoms with Crippen molar-refractivity contribution in [1.29, 1.82) is 0 Å². The number of benzene rings is 1. The largest absolute Gasteiger partial charge is 0.370 e. The number of primary amides is 1. The lowest BCUT2D eigenvalue weighted by atomic mass is 10.2. The van der Waals surface area contributed by atoms with Gasteiger partial charge in [-0.25, -0.2) is 0 Å². The first kappa shape index (κ1) is 17.5. The van der Waals surface area contributed by atoms with Crippen molar-refractivity contribution in [3.8, 4) is 0 Å². The molecule has 3 N–H and O–H groups in total.